The molecule has 0 aromatic carbocycles. The number of nitrogens with two attached hydrogens (primary N) is 1. The Hall–Kier alpha value is -2.29. The molecule has 0 radical (unpaired) electrons. The molecule has 0 amide bonds. The Balaban J connectivity index is 1.70. The van der Waals surface area contributed by atoms with Crippen molar-refractivity contribution in [2.75, 3.05) is 25.0 Å². The highest BCUT2D eigenvalue weighted by molar-refractivity contribution is 8.03. The monoisotopic (exact) mass is 430 g/mol. The molecule has 7 nitrogen and oxygen atoms in total. The molecule has 3 N–H and O–H groups in total. The Morgan fingerprint density at radius 2 is 2.38 bits per heavy atom. The number of H-pyrrole nitrogens is 1. The molecule has 4 heterocycles. The SMILES string of the molecule is C=C(/C=C1/OC=CC1=NC)Sc1nc(N2CCC(N)C2)c2c(Cl)c(CC)[nH]c2n1. The van der Waals surface area contributed by atoms with Crippen LogP contribution in [0.4, 0.5) is 5.82 Å². The minimum absolute atomic E-state index is 0.137. The molecule has 1 unspecified atom stereocenters. The number of halogens is 1. The molecule has 0 aliphatic carbocycles. The number of fused-ring (bicyclic) bond motifs is 1. The number of allylic oxidation sites excluding steroid dienone is 2. The molecule has 0 bridgehead atoms. The van der Waals surface area contributed by atoms with Crippen LogP contribution in [0.1, 0.15) is 19.0 Å². The van der Waals surface area contributed by atoms with E-state index in [9.17, 15) is 0 Å². The highest BCUT2D eigenvalue weighted by Crippen LogP contribution is 2.37. The van der Waals surface area contributed by atoms with Crippen LogP contribution in [-0.2, 0) is 11.2 Å². The molecule has 2 aliphatic rings. The number of aromatic nitrogens is 3. The number of nitrogens with one attached hydrogen (secondary N) is 1. The lowest BCUT2D eigenvalue weighted by Gasteiger charge is -2.18. The quantitative estimate of drug-likeness (QED) is 0.553. The zero-order valence-electron chi connectivity index (χ0n) is 16.4. The molecular formula is C20H23ClN6OS. The fourth-order valence-corrected chi connectivity index (χ4v) is 4.49. The van der Waals surface area contributed by atoms with Gasteiger partial charge in [-0.05, 0) is 18.9 Å². The molecule has 2 aromatic heterocycles. The van der Waals surface area contributed by atoms with Crippen LogP contribution in [0.3, 0.4) is 0 Å². The lowest BCUT2D eigenvalue weighted by molar-refractivity contribution is 0.389. The van der Waals surface area contributed by atoms with Gasteiger partial charge in [0.15, 0.2) is 10.9 Å². The summed E-state index contributed by atoms with van der Waals surface area (Å²) in [6.07, 6.45) is 6.98. The van der Waals surface area contributed by atoms with E-state index in [1.807, 2.05) is 12.2 Å². The van der Waals surface area contributed by atoms with Crippen molar-refractivity contribution < 1.29 is 4.74 Å². The smallest absolute Gasteiger partial charge is 0.196 e. The van der Waals surface area contributed by atoms with E-state index in [0.717, 1.165) is 59.1 Å². The lowest BCUT2D eigenvalue weighted by Crippen LogP contribution is -2.27. The van der Waals surface area contributed by atoms with Crippen LogP contribution in [0.15, 0.2) is 45.8 Å². The number of aromatic amines is 1. The summed E-state index contributed by atoms with van der Waals surface area (Å²) in [5, 5.41) is 2.13. The predicted molar refractivity (Wildman–Crippen MR) is 120 cm³/mol. The lowest BCUT2D eigenvalue weighted by atomic mass is 10.3. The Morgan fingerprint density at radius 1 is 1.55 bits per heavy atom. The summed E-state index contributed by atoms with van der Waals surface area (Å²) < 4.78 is 5.47. The number of hydrogen-bond donors (Lipinski definition) is 2. The van der Waals surface area contributed by atoms with Gasteiger partial charge in [0.1, 0.15) is 17.2 Å². The summed E-state index contributed by atoms with van der Waals surface area (Å²) >= 11 is 8.02. The zero-order valence-corrected chi connectivity index (χ0v) is 18.0. The van der Waals surface area contributed by atoms with Crippen molar-refractivity contribution in [3.63, 3.8) is 0 Å². The first-order valence-electron chi connectivity index (χ1n) is 9.47. The summed E-state index contributed by atoms with van der Waals surface area (Å²) in [7, 11) is 1.72. The van der Waals surface area contributed by atoms with Gasteiger partial charge in [0, 0.05) is 42.9 Å². The van der Waals surface area contributed by atoms with Crippen molar-refractivity contribution in [1.82, 2.24) is 15.0 Å². The van der Waals surface area contributed by atoms with Gasteiger partial charge in [0.05, 0.1) is 16.7 Å². The topological polar surface area (TPSA) is 92.4 Å². The number of hydrogen-bond acceptors (Lipinski definition) is 7. The molecule has 0 saturated carbocycles. The molecule has 152 valence electrons. The van der Waals surface area contributed by atoms with Gasteiger partial charge < -0.3 is 20.4 Å². The molecule has 1 atom stereocenters. The highest BCUT2D eigenvalue weighted by atomic mass is 35.5. The van der Waals surface area contributed by atoms with E-state index < -0.39 is 0 Å². The summed E-state index contributed by atoms with van der Waals surface area (Å²) in [6.45, 7) is 7.77. The maximum atomic E-state index is 6.64. The van der Waals surface area contributed by atoms with E-state index in [0.29, 0.717) is 15.9 Å². The number of aliphatic imine (C=N–C) groups is 1. The minimum Gasteiger partial charge on any atom is -0.463 e. The van der Waals surface area contributed by atoms with Crippen molar-refractivity contribution in [3.05, 3.63) is 46.4 Å². The van der Waals surface area contributed by atoms with Gasteiger partial charge in [-0.15, -0.1) is 0 Å². The second kappa shape index (κ2) is 8.22. The molecule has 4 rings (SSSR count). The third kappa shape index (κ3) is 3.92. The maximum absolute atomic E-state index is 6.64. The fraction of sp³-hybridized carbons (Fsp3) is 0.350. The zero-order chi connectivity index (χ0) is 20.5. The number of nitrogens with zero attached hydrogens (tertiary/aromatic N) is 4. The van der Waals surface area contributed by atoms with Crippen molar-refractivity contribution in [1.29, 1.82) is 0 Å². The van der Waals surface area contributed by atoms with Crippen LogP contribution in [0.2, 0.25) is 5.02 Å². The van der Waals surface area contributed by atoms with Crippen LogP contribution in [0.25, 0.3) is 11.0 Å². The van der Waals surface area contributed by atoms with Crippen LogP contribution < -0.4 is 10.6 Å². The first-order chi connectivity index (χ1) is 14.0. The largest absolute Gasteiger partial charge is 0.463 e. The van der Waals surface area contributed by atoms with E-state index in [-0.39, 0.29) is 6.04 Å². The summed E-state index contributed by atoms with van der Waals surface area (Å²) in [4.78, 5) is 20.0. The number of aryl methyl sites for hydroxylation is 1. The summed E-state index contributed by atoms with van der Waals surface area (Å²) in [5.74, 6) is 1.48. The van der Waals surface area contributed by atoms with Gasteiger partial charge >= 0.3 is 0 Å². The van der Waals surface area contributed by atoms with Crippen molar-refractivity contribution >= 4 is 45.9 Å². The molecule has 1 saturated heterocycles. The molecule has 2 aromatic rings. The number of anilines is 1. The molecule has 0 spiro atoms. The number of ether oxygens (including phenoxy) is 1. The Kier molecular flexibility index (Phi) is 5.67. The summed E-state index contributed by atoms with van der Waals surface area (Å²) in [6, 6.07) is 0.137. The molecule has 2 aliphatic heterocycles. The second-order valence-electron chi connectivity index (χ2n) is 6.93. The van der Waals surface area contributed by atoms with E-state index in [1.165, 1.54) is 11.8 Å². The van der Waals surface area contributed by atoms with Crippen LogP contribution in [0, 0.1) is 0 Å². The van der Waals surface area contributed by atoms with Gasteiger partial charge in [-0.2, -0.15) is 0 Å². The normalized spacial score (nSPS) is 21.7. The first kappa shape index (κ1) is 20.0. The van der Waals surface area contributed by atoms with Gasteiger partial charge in [-0.3, -0.25) is 4.99 Å². The van der Waals surface area contributed by atoms with Crippen LogP contribution in [-0.4, -0.2) is 46.8 Å². The van der Waals surface area contributed by atoms with Gasteiger partial charge in [0.2, 0.25) is 0 Å². The number of thioether (sulfide) groups is 1. The van der Waals surface area contributed by atoms with E-state index in [1.54, 1.807) is 13.3 Å². The number of rotatable bonds is 5. The van der Waals surface area contributed by atoms with Crippen LogP contribution in [0.5, 0.6) is 0 Å². The Labute approximate surface area is 178 Å². The van der Waals surface area contributed by atoms with Gasteiger partial charge in [-0.25, -0.2) is 9.97 Å². The Morgan fingerprint density at radius 3 is 3.07 bits per heavy atom. The molecular weight excluding hydrogens is 408 g/mol. The second-order valence-corrected chi connectivity index (χ2v) is 8.40. The molecule has 1 fully saturated rings. The van der Waals surface area contributed by atoms with E-state index >= 15 is 0 Å². The van der Waals surface area contributed by atoms with E-state index in [2.05, 4.69) is 33.4 Å². The average molecular weight is 431 g/mol. The van der Waals surface area contributed by atoms with Crippen LogP contribution >= 0.6 is 23.4 Å². The maximum Gasteiger partial charge on any atom is 0.196 e. The van der Waals surface area contributed by atoms with Crippen molar-refractivity contribution in [2.45, 2.75) is 31.0 Å². The molecule has 29 heavy (non-hydrogen) atoms. The summed E-state index contributed by atoms with van der Waals surface area (Å²) in [5.41, 5.74) is 8.59. The first-order valence-corrected chi connectivity index (χ1v) is 10.7. The van der Waals surface area contributed by atoms with Crippen molar-refractivity contribution in [2.24, 2.45) is 10.7 Å². The van der Waals surface area contributed by atoms with Crippen molar-refractivity contribution in [3.8, 4) is 0 Å². The third-order valence-electron chi connectivity index (χ3n) is 4.93. The minimum atomic E-state index is 0.137. The molecule has 9 heteroatoms. The third-order valence-corrected chi connectivity index (χ3v) is 6.09. The Bertz CT molecular complexity index is 1060. The predicted octanol–water partition coefficient (Wildman–Crippen LogP) is 3.82. The average Bonchev–Trinajstić information content (AvgIpc) is 3.40. The standard InChI is InChI=1S/C20H23ClN6OS/c1-4-13-17(21)16-18(24-13)25-20(26-19(16)27-7-5-12(22)10-27)29-11(2)9-15-14(23-3)6-8-28-15/h6,8-9,12H,2,4-5,7,10,22H2,1,3H3,(H,24,25,26)/b15-9+,23-14?. The highest BCUT2D eigenvalue weighted by Gasteiger charge is 2.26. The fourth-order valence-electron chi connectivity index (χ4n) is 3.47. The van der Waals surface area contributed by atoms with Gasteiger partial charge in [-0.1, -0.05) is 36.9 Å². The van der Waals surface area contributed by atoms with E-state index in [4.69, 9.17) is 27.1 Å². The van der Waals surface area contributed by atoms with Gasteiger partial charge in [0.25, 0.3) is 0 Å².